The number of unbranched alkanes of at least 4 members (excludes halogenated alkanes) is 1. The van der Waals surface area contributed by atoms with Crippen molar-refractivity contribution in [2.24, 2.45) is 0 Å². The molecule has 80 valence electrons. The first kappa shape index (κ1) is 12.2. The second-order valence-electron chi connectivity index (χ2n) is 4.23. The van der Waals surface area contributed by atoms with Crippen LogP contribution in [0.25, 0.3) is 0 Å². The molecule has 0 saturated carbocycles. The Kier molecular flexibility index (Phi) is 4.14. The molecule has 0 N–H and O–H groups in total. The van der Waals surface area contributed by atoms with E-state index in [0.29, 0.717) is 0 Å². The Morgan fingerprint density at radius 2 is 2.14 bits per heavy atom. The van der Waals surface area contributed by atoms with Crippen molar-refractivity contribution in [3.8, 4) is 0 Å². The maximum absolute atomic E-state index is 13.5. The van der Waals surface area contributed by atoms with Crippen molar-refractivity contribution in [3.63, 3.8) is 0 Å². The molecule has 0 bridgehead atoms. The molecule has 0 aliphatic rings. The van der Waals surface area contributed by atoms with Gasteiger partial charge in [-0.25, -0.2) is 0 Å². The van der Waals surface area contributed by atoms with E-state index in [1.807, 2.05) is 6.07 Å². The molecule has 1 aromatic rings. The van der Waals surface area contributed by atoms with Crippen molar-refractivity contribution >= 4 is 27.3 Å². The van der Waals surface area contributed by atoms with Crippen LogP contribution in [0.15, 0.2) is 9.85 Å². The van der Waals surface area contributed by atoms with Crippen molar-refractivity contribution in [2.45, 2.75) is 45.4 Å². The third-order valence-electron chi connectivity index (χ3n) is 2.54. The second-order valence-corrected chi connectivity index (χ2v) is 6.61. The van der Waals surface area contributed by atoms with Gasteiger partial charge in [0.2, 0.25) is 0 Å². The monoisotopic (exact) mass is 278 g/mol. The molecule has 0 amide bonds. The largest absolute Gasteiger partial charge is 0.195 e. The zero-order chi connectivity index (χ0) is 10.8. The Bertz CT molecular complexity index is 304. The third-order valence-corrected chi connectivity index (χ3v) is 3.97. The molecule has 0 nitrogen and oxygen atoms in total. The first-order chi connectivity index (χ1) is 6.47. The van der Waals surface area contributed by atoms with E-state index in [2.05, 4.69) is 36.7 Å². The van der Waals surface area contributed by atoms with Gasteiger partial charge in [0, 0.05) is 5.56 Å². The third kappa shape index (κ3) is 2.80. The number of rotatable bonds is 4. The van der Waals surface area contributed by atoms with Crippen LogP contribution >= 0.6 is 27.3 Å². The van der Waals surface area contributed by atoms with Gasteiger partial charge in [-0.1, -0.05) is 44.9 Å². The average molecular weight is 279 g/mol. The van der Waals surface area contributed by atoms with Crippen LogP contribution in [0.2, 0.25) is 0 Å². The summed E-state index contributed by atoms with van der Waals surface area (Å²) in [6.07, 6.45) is 3.36. The van der Waals surface area contributed by atoms with Gasteiger partial charge in [0.25, 0.3) is 0 Å². The Hall–Kier alpha value is 0.110. The normalized spacial score (nSPS) is 12.1. The molecule has 1 rings (SSSR count). The van der Waals surface area contributed by atoms with E-state index < -0.39 is 0 Å². The SMILES string of the molecule is CCCCC(C)(C)c1cc(Br)sc1F. The summed E-state index contributed by atoms with van der Waals surface area (Å²) in [5.41, 5.74) is 0.811. The molecule has 0 aromatic carbocycles. The van der Waals surface area contributed by atoms with Crippen molar-refractivity contribution in [1.82, 2.24) is 0 Å². The highest BCUT2D eigenvalue weighted by Crippen LogP contribution is 2.37. The minimum absolute atomic E-state index is 0.0391. The Morgan fingerprint density at radius 3 is 2.57 bits per heavy atom. The number of halogens is 2. The summed E-state index contributed by atoms with van der Waals surface area (Å²) in [6, 6.07) is 1.91. The van der Waals surface area contributed by atoms with Gasteiger partial charge in [-0.2, -0.15) is 4.39 Å². The molecule has 0 radical (unpaired) electrons. The predicted molar refractivity (Wildman–Crippen MR) is 64.5 cm³/mol. The summed E-state index contributed by atoms with van der Waals surface area (Å²) >= 11 is 4.50. The quantitative estimate of drug-likeness (QED) is 0.717. The number of hydrogen-bond acceptors (Lipinski definition) is 1. The zero-order valence-corrected chi connectivity index (χ0v) is 11.3. The Balaban J connectivity index is 2.85. The van der Waals surface area contributed by atoms with Crippen LogP contribution in [-0.2, 0) is 5.41 Å². The smallest absolute Gasteiger partial charge is 0.181 e. The van der Waals surface area contributed by atoms with E-state index in [9.17, 15) is 4.39 Å². The van der Waals surface area contributed by atoms with E-state index in [1.165, 1.54) is 11.3 Å². The van der Waals surface area contributed by atoms with Crippen molar-refractivity contribution in [1.29, 1.82) is 0 Å². The van der Waals surface area contributed by atoms with Crippen LogP contribution in [-0.4, -0.2) is 0 Å². The lowest BCUT2D eigenvalue weighted by Gasteiger charge is -2.23. The van der Waals surface area contributed by atoms with Gasteiger partial charge in [0.1, 0.15) is 0 Å². The lowest BCUT2D eigenvalue weighted by molar-refractivity contribution is 0.439. The minimum Gasteiger partial charge on any atom is -0.195 e. The molecule has 1 aromatic heterocycles. The van der Waals surface area contributed by atoms with Gasteiger partial charge < -0.3 is 0 Å². The standard InChI is InChI=1S/C11H16BrFS/c1-4-5-6-11(2,3)8-7-9(12)14-10(8)13/h7H,4-6H2,1-3H3. The summed E-state index contributed by atoms with van der Waals surface area (Å²) < 4.78 is 14.4. The molecule has 0 saturated heterocycles. The first-order valence-corrected chi connectivity index (χ1v) is 6.53. The highest BCUT2D eigenvalue weighted by Gasteiger charge is 2.25. The van der Waals surface area contributed by atoms with E-state index in [1.54, 1.807) is 0 Å². The van der Waals surface area contributed by atoms with Crippen LogP contribution in [0.5, 0.6) is 0 Å². The molecule has 0 aliphatic heterocycles. The van der Waals surface area contributed by atoms with E-state index in [0.717, 1.165) is 28.6 Å². The molecular weight excluding hydrogens is 263 g/mol. The summed E-state index contributed by atoms with van der Waals surface area (Å²) in [4.78, 5) is 0. The molecule has 0 aliphatic carbocycles. The van der Waals surface area contributed by atoms with Gasteiger partial charge in [-0.15, -0.1) is 0 Å². The number of hydrogen-bond donors (Lipinski definition) is 0. The Morgan fingerprint density at radius 1 is 1.50 bits per heavy atom. The summed E-state index contributed by atoms with van der Waals surface area (Å²) in [6.45, 7) is 6.39. The van der Waals surface area contributed by atoms with Gasteiger partial charge in [0.15, 0.2) is 5.13 Å². The van der Waals surface area contributed by atoms with Gasteiger partial charge in [-0.3, -0.25) is 0 Å². The van der Waals surface area contributed by atoms with Crippen molar-refractivity contribution in [3.05, 3.63) is 20.5 Å². The summed E-state index contributed by atoms with van der Waals surface area (Å²) in [5.74, 6) is 0. The van der Waals surface area contributed by atoms with Crippen LogP contribution in [0.3, 0.4) is 0 Å². The van der Waals surface area contributed by atoms with Crippen LogP contribution in [0.4, 0.5) is 4.39 Å². The number of thiophene rings is 1. The zero-order valence-electron chi connectivity index (χ0n) is 8.86. The highest BCUT2D eigenvalue weighted by molar-refractivity contribution is 9.11. The van der Waals surface area contributed by atoms with Crippen molar-refractivity contribution < 1.29 is 4.39 Å². The van der Waals surface area contributed by atoms with Gasteiger partial charge >= 0.3 is 0 Å². The predicted octanol–water partition coefficient (Wildman–Crippen LogP) is 5.12. The molecule has 0 unspecified atom stereocenters. The van der Waals surface area contributed by atoms with E-state index in [4.69, 9.17) is 0 Å². The average Bonchev–Trinajstić information content (AvgIpc) is 2.42. The fourth-order valence-corrected chi connectivity index (χ4v) is 3.00. The maximum atomic E-state index is 13.5. The molecular formula is C11H16BrFS. The van der Waals surface area contributed by atoms with Crippen LogP contribution < -0.4 is 0 Å². The lowest BCUT2D eigenvalue weighted by atomic mass is 9.81. The highest BCUT2D eigenvalue weighted by atomic mass is 79.9. The van der Waals surface area contributed by atoms with Crippen LogP contribution in [0, 0.1) is 5.13 Å². The first-order valence-electron chi connectivity index (χ1n) is 4.92. The topological polar surface area (TPSA) is 0 Å². The lowest BCUT2D eigenvalue weighted by Crippen LogP contribution is -2.17. The molecule has 0 fully saturated rings. The molecule has 0 atom stereocenters. The summed E-state index contributed by atoms with van der Waals surface area (Å²) in [5, 5.41) is -0.0435. The second kappa shape index (κ2) is 4.75. The van der Waals surface area contributed by atoms with Gasteiger partial charge in [-0.05, 0) is 33.8 Å². The Labute approximate surface area is 97.7 Å². The van der Waals surface area contributed by atoms with Crippen molar-refractivity contribution in [2.75, 3.05) is 0 Å². The molecule has 14 heavy (non-hydrogen) atoms. The maximum Gasteiger partial charge on any atom is 0.181 e. The fourth-order valence-electron chi connectivity index (χ4n) is 1.56. The van der Waals surface area contributed by atoms with E-state index >= 15 is 0 Å². The van der Waals surface area contributed by atoms with Crippen LogP contribution in [0.1, 0.15) is 45.6 Å². The molecule has 3 heteroatoms. The molecule has 0 spiro atoms. The van der Waals surface area contributed by atoms with Gasteiger partial charge in [0.05, 0.1) is 3.79 Å². The summed E-state index contributed by atoms with van der Waals surface area (Å²) in [7, 11) is 0. The minimum atomic E-state index is -0.0435. The van der Waals surface area contributed by atoms with E-state index in [-0.39, 0.29) is 10.5 Å². The molecule has 1 heterocycles. The fraction of sp³-hybridized carbons (Fsp3) is 0.636.